The fraction of sp³-hybridized carbons (Fsp3) is 0.118. The van der Waals surface area contributed by atoms with Crippen LogP contribution in [0.2, 0.25) is 0 Å². The fourth-order valence-corrected chi connectivity index (χ4v) is 3.98. The van der Waals surface area contributed by atoms with Crippen LogP contribution in [-0.2, 0) is 0 Å². The number of hydrogen-bond donors (Lipinski definition) is 1. The maximum Gasteiger partial charge on any atom is 0.257 e. The molecule has 4 rings (SSSR count). The van der Waals surface area contributed by atoms with Crippen LogP contribution in [0.3, 0.4) is 0 Å². The normalized spacial score (nSPS) is 12.4. The number of nitrogens with zero attached hydrogens (tertiary/aromatic N) is 3. The largest absolute Gasteiger partial charge is 0.419 e. The van der Waals surface area contributed by atoms with E-state index in [0.29, 0.717) is 11.8 Å². The first-order chi connectivity index (χ1) is 12.2. The Balaban J connectivity index is 1.48. The van der Waals surface area contributed by atoms with E-state index in [0.717, 1.165) is 25.8 Å². The first-order valence-corrected chi connectivity index (χ1v) is 10.1. The van der Waals surface area contributed by atoms with Crippen LogP contribution in [0.1, 0.15) is 18.1 Å². The zero-order valence-corrected chi connectivity index (χ0v) is 16.4. The van der Waals surface area contributed by atoms with Crippen molar-refractivity contribution in [2.75, 3.05) is 0 Å². The second-order valence-corrected chi connectivity index (χ2v) is 8.48. The van der Waals surface area contributed by atoms with Crippen LogP contribution >= 0.6 is 39.0 Å². The van der Waals surface area contributed by atoms with E-state index in [2.05, 4.69) is 36.1 Å². The van der Waals surface area contributed by atoms with Crippen molar-refractivity contribution in [3.63, 3.8) is 0 Å². The molecule has 1 aromatic carbocycles. The Bertz CT molecular complexity index is 963. The average molecular weight is 433 g/mol. The molecule has 0 aliphatic heterocycles. The summed E-state index contributed by atoms with van der Waals surface area (Å²) in [5, 5.41) is 11.1. The van der Waals surface area contributed by atoms with Crippen LogP contribution < -0.4 is 0 Å². The standard InChI is InChI=1S/C17H13BrN4OS2/c1-10(15-21-22-16(23-15)14-3-2-8-24-14)25-17-19-9-13(20-17)11-4-6-12(18)7-5-11/h2-10H,1H3,(H,19,20)/t10-/m1/s1. The molecule has 126 valence electrons. The highest BCUT2D eigenvalue weighted by atomic mass is 79.9. The van der Waals surface area contributed by atoms with E-state index >= 15 is 0 Å². The Kier molecular flexibility index (Phi) is 4.74. The summed E-state index contributed by atoms with van der Waals surface area (Å²) in [7, 11) is 0. The van der Waals surface area contributed by atoms with Crippen molar-refractivity contribution >= 4 is 39.0 Å². The first kappa shape index (κ1) is 16.6. The van der Waals surface area contributed by atoms with E-state index < -0.39 is 0 Å². The zero-order chi connectivity index (χ0) is 17.2. The number of thiophene rings is 1. The zero-order valence-electron chi connectivity index (χ0n) is 13.1. The van der Waals surface area contributed by atoms with Crippen molar-refractivity contribution in [3.05, 3.63) is 58.3 Å². The van der Waals surface area contributed by atoms with Gasteiger partial charge in [-0.05, 0) is 36.1 Å². The predicted molar refractivity (Wildman–Crippen MR) is 104 cm³/mol. The number of aromatic nitrogens is 4. The number of H-pyrrole nitrogens is 1. The third kappa shape index (κ3) is 3.70. The van der Waals surface area contributed by atoms with Crippen molar-refractivity contribution in [3.8, 4) is 22.0 Å². The van der Waals surface area contributed by atoms with Crippen LogP contribution in [0, 0.1) is 0 Å². The van der Waals surface area contributed by atoms with Crippen LogP contribution in [0.5, 0.6) is 0 Å². The van der Waals surface area contributed by atoms with Crippen LogP contribution in [0.15, 0.2) is 62.0 Å². The lowest BCUT2D eigenvalue weighted by Crippen LogP contribution is -1.89. The minimum Gasteiger partial charge on any atom is -0.419 e. The van der Waals surface area contributed by atoms with Gasteiger partial charge in [-0.1, -0.05) is 45.9 Å². The SMILES string of the molecule is C[C@@H](Sc1ncc(-c2ccc(Br)cc2)[nH]1)c1nnc(-c2cccs2)o1. The lowest BCUT2D eigenvalue weighted by atomic mass is 10.2. The van der Waals surface area contributed by atoms with Crippen LogP contribution in [0.25, 0.3) is 22.0 Å². The van der Waals surface area contributed by atoms with Gasteiger partial charge in [-0.2, -0.15) is 0 Å². The molecule has 0 fully saturated rings. The number of benzene rings is 1. The number of hydrogen-bond acceptors (Lipinski definition) is 6. The third-order valence-electron chi connectivity index (χ3n) is 3.52. The molecule has 25 heavy (non-hydrogen) atoms. The molecule has 0 saturated heterocycles. The molecule has 1 N–H and O–H groups in total. The summed E-state index contributed by atoms with van der Waals surface area (Å²) in [6.07, 6.45) is 1.84. The van der Waals surface area contributed by atoms with Crippen molar-refractivity contribution in [2.24, 2.45) is 0 Å². The summed E-state index contributed by atoms with van der Waals surface area (Å²) < 4.78 is 6.84. The highest BCUT2D eigenvalue weighted by Crippen LogP contribution is 2.35. The lowest BCUT2D eigenvalue weighted by Gasteiger charge is -2.03. The van der Waals surface area contributed by atoms with Gasteiger partial charge in [-0.15, -0.1) is 21.5 Å². The summed E-state index contributed by atoms with van der Waals surface area (Å²) in [6.45, 7) is 2.03. The van der Waals surface area contributed by atoms with E-state index in [1.807, 2.05) is 54.9 Å². The van der Waals surface area contributed by atoms with Gasteiger partial charge in [0.15, 0.2) is 5.16 Å². The van der Waals surface area contributed by atoms with E-state index in [1.54, 1.807) is 23.1 Å². The van der Waals surface area contributed by atoms with Crippen molar-refractivity contribution in [1.82, 2.24) is 20.2 Å². The molecule has 0 aliphatic carbocycles. The van der Waals surface area contributed by atoms with Crippen LogP contribution in [-0.4, -0.2) is 20.2 Å². The van der Waals surface area contributed by atoms with E-state index in [9.17, 15) is 0 Å². The monoisotopic (exact) mass is 432 g/mol. The van der Waals surface area contributed by atoms with Gasteiger partial charge in [0.1, 0.15) is 0 Å². The first-order valence-electron chi connectivity index (χ1n) is 7.54. The van der Waals surface area contributed by atoms with Crippen molar-refractivity contribution in [1.29, 1.82) is 0 Å². The van der Waals surface area contributed by atoms with Crippen molar-refractivity contribution < 1.29 is 4.42 Å². The van der Waals surface area contributed by atoms with Gasteiger partial charge in [0.25, 0.3) is 5.89 Å². The maximum atomic E-state index is 5.79. The molecule has 4 aromatic rings. The Morgan fingerprint density at radius 2 is 2.04 bits per heavy atom. The smallest absolute Gasteiger partial charge is 0.257 e. The van der Waals surface area contributed by atoms with E-state index in [-0.39, 0.29) is 5.25 Å². The number of aromatic amines is 1. The summed E-state index contributed by atoms with van der Waals surface area (Å²) in [5.41, 5.74) is 2.07. The van der Waals surface area contributed by atoms with Gasteiger partial charge in [0.05, 0.1) is 22.0 Å². The van der Waals surface area contributed by atoms with E-state index in [1.165, 1.54) is 0 Å². The maximum absolute atomic E-state index is 5.79. The molecule has 3 heterocycles. The molecular weight excluding hydrogens is 420 g/mol. The predicted octanol–water partition coefficient (Wildman–Crippen LogP) is 5.80. The Labute approximate surface area is 161 Å². The summed E-state index contributed by atoms with van der Waals surface area (Å²) in [6, 6.07) is 12.0. The van der Waals surface area contributed by atoms with Gasteiger partial charge in [0, 0.05) is 4.47 Å². The third-order valence-corrected chi connectivity index (χ3v) is 5.89. The molecule has 3 aromatic heterocycles. The summed E-state index contributed by atoms with van der Waals surface area (Å²) in [5.74, 6) is 1.16. The molecule has 0 radical (unpaired) electrons. The van der Waals surface area contributed by atoms with Gasteiger partial charge in [-0.3, -0.25) is 0 Å². The number of imidazole rings is 1. The molecular formula is C17H13BrN4OS2. The van der Waals surface area contributed by atoms with Crippen molar-refractivity contribution in [2.45, 2.75) is 17.3 Å². The highest BCUT2D eigenvalue weighted by Gasteiger charge is 2.18. The van der Waals surface area contributed by atoms with Gasteiger partial charge in [0.2, 0.25) is 5.89 Å². The minimum atomic E-state index is 0.00475. The van der Waals surface area contributed by atoms with Gasteiger partial charge in [-0.25, -0.2) is 4.98 Å². The van der Waals surface area contributed by atoms with Gasteiger partial charge < -0.3 is 9.40 Å². The molecule has 5 nitrogen and oxygen atoms in total. The minimum absolute atomic E-state index is 0.00475. The molecule has 0 bridgehead atoms. The Morgan fingerprint density at radius 1 is 1.20 bits per heavy atom. The molecule has 1 atom stereocenters. The van der Waals surface area contributed by atoms with Crippen LogP contribution in [0.4, 0.5) is 0 Å². The molecule has 0 unspecified atom stereocenters. The number of halogens is 1. The molecule has 0 saturated carbocycles. The molecule has 0 amide bonds. The number of nitrogens with one attached hydrogen (secondary N) is 1. The summed E-state index contributed by atoms with van der Waals surface area (Å²) >= 11 is 6.58. The number of rotatable bonds is 5. The topological polar surface area (TPSA) is 67.6 Å². The highest BCUT2D eigenvalue weighted by molar-refractivity contribution is 9.10. The lowest BCUT2D eigenvalue weighted by molar-refractivity contribution is 0.510. The fourth-order valence-electron chi connectivity index (χ4n) is 2.26. The second-order valence-electron chi connectivity index (χ2n) is 5.29. The average Bonchev–Trinajstić information content (AvgIpc) is 3.36. The number of thioether (sulfide) groups is 1. The quantitative estimate of drug-likeness (QED) is 0.403. The summed E-state index contributed by atoms with van der Waals surface area (Å²) in [4.78, 5) is 8.76. The molecule has 0 aliphatic rings. The Hall–Kier alpha value is -1.90. The Morgan fingerprint density at radius 3 is 2.80 bits per heavy atom. The second kappa shape index (κ2) is 7.15. The molecule has 0 spiro atoms. The van der Waals surface area contributed by atoms with Gasteiger partial charge >= 0.3 is 0 Å². The molecule has 8 heteroatoms. The van der Waals surface area contributed by atoms with E-state index in [4.69, 9.17) is 4.42 Å².